The van der Waals surface area contributed by atoms with Crippen molar-refractivity contribution in [1.82, 2.24) is 0 Å². The summed E-state index contributed by atoms with van der Waals surface area (Å²) in [5.41, 5.74) is 0. The number of ether oxygens (including phenoxy) is 4. The van der Waals surface area contributed by atoms with E-state index in [1.165, 1.54) is 19.3 Å². The minimum atomic E-state index is -5.01. The van der Waals surface area contributed by atoms with Gasteiger partial charge in [0, 0.05) is 25.7 Å². The van der Waals surface area contributed by atoms with E-state index in [1.54, 1.807) is 0 Å². The fraction of sp³-hybridized carbons (Fsp3) is 0.596. The minimum absolute atomic E-state index is 0.0244. The van der Waals surface area contributed by atoms with Gasteiger partial charge in [-0.05, 0) is 167 Å². The summed E-state index contributed by atoms with van der Waals surface area (Å²) < 4.78 is 68.5. The molecule has 610 valence electrons. The maximum atomic E-state index is 13.1. The van der Waals surface area contributed by atoms with Crippen LogP contribution in [0.1, 0.15) is 285 Å². The molecule has 0 aliphatic heterocycles. The van der Waals surface area contributed by atoms with Gasteiger partial charge in [0.05, 0.1) is 26.4 Å². The summed E-state index contributed by atoms with van der Waals surface area (Å²) >= 11 is 0. The average Bonchev–Trinajstić information content (AvgIpc) is 0.892. The Hall–Kier alpha value is -6.10. The third-order valence-corrected chi connectivity index (χ3v) is 17.9. The van der Waals surface area contributed by atoms with E-state index in [4.69, 9.17) is 37.0 Å². The Morgan fingerprint density at radius 3 is 0.861 bits per heavy atom. The van der Waals surface area contributed by atoms with Gasteiger partial charge in [0.1, 0.15) is 19.3 Å². The van der Waals surface area contributed by atoms with Gasteiger partial charge in [-0.25, -0.2) is 9.13 Å². The number of carbonyl (C=O) groups is 4. The lowest BCUT2D eigenvalue weighted by Gasteiger charge is -2.21. The molecule has 5 unspecified atom stereocenters. The van der Waals surface area contributed by atoms with Crippen molar-refractivity contribution in [3.8, 4) is 0 Å². The monoisotopic (exact) mass is 1540 g/mol. The van der Waals surface area contributed by atoms with Gasteiger partial charge >= 0.3 is 39.5 Å². The molecule has 0 aliphatic rings. The lowest BCUT2D eigenvalue weighted by atomic mass is 10.1. The molecule has 0 saturated carbocycles. The number of allylic oxidation sites excluding steroid dienone is 32. The molecule has 0 spiro atoms. The molecule has 5 atom stereocenters. The second-order valence-electron chi connectivity index (χ2n) is 26.2. The number of carbonyl (C=O) groups excluding carboxylic acids is 4. The maximum Gasteiger partial charge on any atom is 0.472 e. The molecule has 0 rings (SSSR count). The molecule has 0 aromatic carbocycles. The summed E-state index contributed by atoms with van der Waals surface area (Å²) in [5, 5.41) is 10.7. The van der Waals surface area contributed by atoms with Crippen LogP contribution in [0.5, 0.6) is 0 Å². The molecule has 19 heteroatoms. The van der Waals surface area contributed by atoms with E-state index in [0.29, 0.717) is 38.5 Å². The van der Waals surface area contributed by atoms with Crippen molar-refractivity contribution in [2.75, 3.05) is 39.6 Å². The van der Waals surface area contributed by atoms with Crippen LogP contribution in [0.4, 0.5) is 0 Å². The topological polar surface area (TPSA) is 237 Å². The van der Waals surface area contributed by atoms with Crippen LogP contribution < -0.4 is 0 Å². The second kappa shape index (κ2) is 79.0. The van der Waals surface area contributed by atoms with Gasteiger partial charge in [-0.1, -0.05) is 286 Å². The zero-order valence-corrected chi connectivity index (χ0v) is 68.5. The molecule has 108 heavy (non-hydrogen) atoms. The largest absolute Gasteiger partial charge is 0.472 e. The Labute approximate surface area is 653 Å². The van der Waals surface area contributed by atoms with Gasteiger partial charge in [-0.15, -0.1) is 0 Å². The number of unbranched alkanes of at least 4 members (excludes halogenated alkanes) is 16. The van der Waals surface area contributed by atoms with E-state index in [9.17, 15) is 43.2 Å². The highest BCUT2D eigenvalue weighted by Gasteiger charge is 2.30. The van der Waals surface area contributed by atoms with Crippen LogP contribution in [0.15, 0.2) is 194 Å². The smallest absolute Gasteiger partial charge is 0.462 e. The molecular weight excluding hydrogens is 1400 g/mol. The average molecular weight is 1550 g/mol. The molecule has 0 saturated heterocycles. The molecule has 0 fully saturated rings. The minimum Gasteiger partial charge on any atom is -0.462 e. The molecular formula is C89H142O17P2. The Balaban J connectivity index is 5.52. The zero-order chi connectivity index (χ0) is 78.9. The predicted octanol–water partition coefficient (Wildman–Crippen LogP) is 24.1. The standard InChI is InChI=1S/C89H142O17P2/c1-5-9-13-17-21-25-29-33-36-39-41-44-47-51-54-58-62-66-70-74-87(92)100-80-85(106-89(94)76-72-68-64-60-56-52-48-45-42-40-37-34-30-26-22-18-14-10-6-2)82-104-108(97,98)102-78-83(90)77-101-107(95,96)103-81-84(105-88(93)75-71-67-63-59-55-49-32-28-24-20-16-12-8-4)79-99-86(91)73-69-65-61-57-53-50-46-43-38-35-31-27-23-19-15-11-7-3/h9,11,13,15-16,20-23,25-28,32-38,41-42,44-46,50-51,54,57,61-62,66,83-85,90H,5-8,10,12,14,17-19,24,29-31,39-40,43,47-49,52-53,55-56,58-60,63-65,67-82H2,1-4H3,(H,95,96)(H,97,98)/b13-9-,15-11-,20-16-,25-21-,26-22-,27-23-,32-28-,36-33-,37-34-,38-35-,44-41-,45-42-,50-46-,54-51-,61-57-,66-62-. The first-order valence-electron chi connectivity index (χ1n) is 40.7. The summed E-state index contributed by atoms with van der Waals surface area (Å²) in [4.78, 5) is 73.1. The molecule has 0 aromatic heterocycles. The fourth-order valence-electron chi connectivity index (χ4n) is 9.91. The zero-order valence-electron chi connectivity index (χ0n) is 66.7. The Morgan fingerprint density at radius 2 is 0.528 bits per heavy atom. The first-order valence-corrected chi connectivity index (χ1v) is 43.7. The Bertz CT molecular complexity index is 2810. The first kappa shape index (κ1) is 102. The van der Waals surface area contributed by atoms with Crippen LogP contribution >= 0.6 is 15.6 Å². The van der Waals surface area contributed by atoms with Crippen LogP contribution in [-0.2, 0) is 65.4 Å². The highest BCUT2D eigenvalue weighted by molar-refractivity contribution is 7.47. The van der Waals surface area contributed by atoms with Gasteiger partial charge in [0.25, 0.3) is 0 Å². The van der Waals surface area contributed by atoms with Gasteiger partial charge in [-0.3, -0.25) is 37.3 Å². The lowest BCUT2D eigenvalue weighted by Crippen LogP contribution is -2.30. The lowest BCUT2D eigenvalue weighted by molar-refractivity contribution is -0.161. The molecule has 0 aliphatic carbocycles. The van der Waals surface area contributed by atoms with E-state index >= 15 is 0 Å². The third-order valence-electron chi connectivity index (χ3n) is 16.0. The van der Waals surface area contributed by atoms with E-state index in [0.717, 1.165) is 173 Å². The summed E-state index contributed by atoms with van der Waals surface area (Å²) in [6.07, 6.45) is 97.1. The number of aliphatic hydroxyl groups excluding tert-OH is 1. The summed E-state index contributed by atoms with van der Waals surface area (Å²) in [6.45, 7) is 4.35. The van der Waals surface area contributed by atoms with E-state index in [-0.39, 0.29) is 25.7 Å². The highest BCUT2D eigenvalue weighted by atomic mass is 31.2. The van der Waals surface area contributed by atoms with Crippen LogP contribution in [-0.4, -0.2) is 96.7 Å². The molecule has 0 bridgehead atoms. The Morgan fingerprint density at radius 1 is 0.269 bits per heavy atom. The molecule has 0 amide bonds. The molecule has 17 nitrogen and oxygen atoms in total. The summed E-state index contributed by atoms with van der Waals surface area (Å²) in [7, 11) is -10.0. The van der Waals surface area contributed by atoms with E-state index < -0.39 is 97.5 Å². The van der Waals surface area contributed by atoms with Crippen LogP contribution in [0, 0.1) is 0 Å². The number of phosphoric ester groups is 2. The van der Waals surface area contributed by atoms with Crippen molar-refractivity contribution >= 4 is 39.5 Å². The number of hydrogen-bond donors (Lipinski definition) is 3. The number of esters is 4. The first-order chi connectivity index (χ1) is 52.7. The number of phosphoric acid groups is 2. The predicted molar refractivity (Wildman–Crippen MR) is 445 cm³/mol. The van der Waals surface area contributed by atoms with Crippen molar-refractivity contribution in [2.45, 2.75) is 303 Å². The number of hydrogen-bond acceptors (Lipinski definition) is 15. The van der Waals surface area contributed by atoms with Crippen LogP contribution in [0.3, 0.4) is 0 Å². The summed E-state index contributed by atoms with van der Waals surface area (Å²) in [5.74, 6) is -2.39. The molecule has 0 aromatic rings. The normalized spacial score (nSPS) is 14.8. The van der Waals surface area contributed by atoms with E-state index in [1.807, 2.05) is 30.4 Å². The van der Waals surface area contributed by atoms with Crippen molar-refractivity contribution in [2.24, 2.45) is 0 Å². The molecule has 0 radical (unpaired) electrons. The molecule has 0 heterocycles. The fourth-order valence-corrected chi connectivity index (χ4v) is 11.5. The SMILES string of the molecule is CC/C=C\C/C=C\C/C=C\C/C=C\C/C=C\C/C=C\CCC(=O)OCC(COP(=O)(O)OCC(O)COP(=O)(O)OCC(COC(=O)CCC/C=C\C/C=C\C/C=C\C/C=C\C/C=C\CC)OC(=O)CCCCCCC/C=C\C/C=C\CCC)OC(=O)CCCCCCCC/C=C\C/C=C\C/C=C\CCCCC. The molecule has 3 N–H and O–H groups in total. The second-order valence-corrected chi connectivity index (χ2v) is 29.1. The number of rotatable bonds is 74. The van der Waals surface area contributed by atoms with Gasteiger partial charge < -0.3 is 33.8 Å². The van der Waals surface area contributed by atoms with Crippen LogP contribution in [0.2, 0.25) is 0 Å². The van der Waals surface area contributed by atoms with Crippen molar-refractivity contribution < 1.29 is 80.2 Å². The van der Waals surface area contributed by atoms with Crippen LogP contribution in [0.25, 0.3) is 0 Å². The van der Waals surface area contributed by atoms with Gasteiger partial charge in [-0.2, -0.15) is 0 Å². The van der Waals surface area contributed by atoms with Crippen molar-refractivity contribution in [1.29, 1.82) is 0 Å². The van der Waals surface area contributed by atoms with Gasteiger partial charge in [0.15, 0.2) is 12.2 Å². The highest BCUT2D eigenvalue weighted by Crippen LogP contribution is 2.45. The Kier molecular flexibility index (Phi) is 74.5. The van der Waals surface area contributed by atoms with Crippen molar-refractivity contribution in [3.05, 3.63) is 194 Å². The van der Waals surface area contributed by atoms with Crippen molar-refractivity contribution in [3.63, 3.8) is 0 Å². The van der Waals surface area contributed by atoms with Gasteiger partial charge in [0.2, 0.25) is 0 Å². The van der Waals surface area contributed by atoms with E-state index in [2.05, 4.69) is 192 Å². The number of aliphatic hydroxyl groups is 1. The summed E-state index contributed by atoms with van der Waals surface area (Å²) in [6, 6.07) is 0. The quantitative estimate of drug-likeness (QED) is 0.0169. The third kappa shape index (κ3) is 78.0. The maximum absolute atomic E-state index is 13.1.